The molecule has 0 spiro atoms. The molecule has 2 unspecified atom stereocenters. The first kappa shape index (κ1) is 17.7. The zero-order valence-electron chi connectivity index (χ0n) is 12.8. The second kappa shape index (κ2) is 7.59. The Morgan fingerprint density at radius 2 is 2.25 bits per heavy atom. The van der Waals surface area contributed by atoms with Crippen LogP contribution in [0.3, 0.4) is 0 Å². The molecule has 1 heterocycles. The van der Waals surface area contributed by atoms with Crippen LogP contribution in [0.25, 0.3) is 0 Å². The van der Waals surface area contributed by atoms with Crippen molar-refractivity contribution < 1.29 is 9.53 Å². The molecule has 0 radical (unpaired) electrons. The van der Waals surface area contributed by atoms with Crippen LogP contribution in [0.5, 0.6) is 0 Å². The molecule has 0 aromatic rings. The summed E-state index contributed by atoms with van der Waals surface area (Å²) >= 11 is 0. The first-order valence-electron chi connectivity index (χ1n) is 7.29. The molecule has 1 aliphatic heterocycles. The normalized spacial score (nSPS) is 27.2. The van der Waals surface area contributed by atoms with E-state index in [1.807, 2.05) is 0 Å². The molecule has 0 aromatic heterocycles. The molecule has 1 saturated carbocycles. The van der Waals surface area contributed by atoms with Crippen molar-refractivity contribution in [3.63, 3.8) is 0 Å². The average molecular weight is 306 g/mol. The molecule has 2 aliphatic rings. The maximum absolute atomic E-state index is 12.4. The standard InChI is InChI=1S/C14H27N3O2.ClH/c1-11(17(2)12-4-5-12)8-16-13(18)14(10-19-3)6-7-15-9-14;/h11-12,15H,4-10H2,1-3H3,(H,16,18);1H. The molecule has 5 nitrogen and oxygen atoms in total. The van der Waals surface area contributed by atoms with Crippen molar-refractivity contribution in [2.24, 2.45) is 5.41 Å². The number of rotatable bonds is 7. The fraction of sp³-hybridized carbons (Fsp3) is 0.929. The minimum atomic E-state index is -0.368. The van der Waals surface area contributed by atoms with Crippen LogP contribution in [0.2, 0.25) is 0 Å². The maximum Gasteiger partial charge on any atom is 0.229 e. The number of methoxy groups -OCH3 is 1. The Morgan fingerprint density at radius 3 is 2.75 bits per heavy atom. The lowest BCUT2D eigenvalue weighted by Crippen LogP contribution is -2.49. The fourth-order valence-corrected chi connectivity index (χ4v) is 2.82. The van der Waals surface area contributed by atoms with Crippen LogP contribution < -0.4 is 10.6 Å². The summed E-state index contributed by atoms with van der Waals surface area (Å²) in [7, 11) is 3.81. The van der Waals surface area contributed by atoms with Gasteiger partial charge in [0.2, 0.25) is 5.91 Å². The molecule has 1 amide bonds. The molecule has 1 aliphatic carbocycles. The van der Waals surface area contributed by atoms with Gasteiger partial charge in [-0.1, -0.05) is 0 Å². The molecule has 2 N–H and O–H groups in total. The molecule has 118 valence electrons. The Labute approximate surface area is 128 Å². The quantitative estimate of drug-likeness (QED) is 0.724. The van der Waals surface area contributed by atoms with Gasteiger partial charge in [-0.15, -0.1) is 12.4 Å². The van der Waals surface area contributed by atoms with E-state index < -0.39 is 0 Å². The number of halogens is 1. The van der Waals surface area contributed by atoms with E-state index in [1.54, 1.807) is 7.11 Å². The van der Waals surface area contributed by atoms with Gasteiger partial charge in [-0.05, 0) is 39.8 Å². The van der Waals surface area contributed by atoms with Gasteiger partial charge in [-0.3, -0.25) is 9.69 Å². The largest absolute Gasteiger partial charge is 0.384 e. The van der Waals surface area contributed by atoms with E-state index in [0.717, 1.165) is 32.1 Å². The second-order valence-electron chi connectivity index (χ2n) is 6.10. The van der Waals surface area contributed by atoms with Crippen molar-refractivity contribution >= 4 is 18.3 Å². The van der Waals surface area contributed by atoms with E-state index in [-0.39, 0.29) is 23.7 Å². The molecule has 0 aromatic carbocycles. The third-order valence-electron chi connectivity index (χ3n) is 4.52. The number of likely N-dealkylation sites (N-methyl/N-ethyl adjacent to an activating group) is 1. The highest BCUT2D eigenvalue weighted by atomic mass is 35.5. The van der Waals surface area contributed by atoms with Gasteiger partial charge in [0.05, 0.1) is 12.0 Å². The van der Waals surface area contributed by atoms with E-state index in [0.29, 0.717) is 12.6 Å². The highest BCUT2D eigenvalue weighted by molar-refractivity contribution is 5.85. The zero-order chi connectivity index (χ0) is 13.9. The minimum Gasteiger partial charge on any atom is -0.384 e. The number of carbonyl (C=O) groups excluding carboxylic acids is 1. The molecular weight excluding hydrogens is 278 g/mol. The molecule has 20 heavy (non-hydrogen) atoms. The lowest BCUT2D eigenvalue weighted by molar-refractivity contribution is -0.133. The number of nitrogens with one attached hydrogen (secondary N) is 2. The summed E-state index contributed by atoms with van der Waals surface area (Å²) in [6, 6.07) is 1.12. The van der Waals surface area contributed by atoms with Gasteiger partial charge < -0.3 is 15.4 Å². The van der Waals surface area contributed by atoms with Crippen LogP contribution in [0.15, 0.2) is 0 Å². The first-order valence-corrected chi connectivity index (χ1v) is 7.29. The van der Waals surface area contributed by atoms with Crippen LogP contribution in [-0.2, 0) is 9.53 Å². The minimum absolute atomic E-state index is 0. The topological polar surface area (TPSA) is 53.6 Å². The van der Waals surface area contributed by atoms with Crippen molar-refractivity contribution in [3.8, 4) is 0 Å². The monoisotopic (exact) mass is 305 g/mol. The number of nitrogens with zero attached hydrogens (tertiary/aromatic N) is 1. The summed E-state index contributed by atoms with van der Waals surface area (Å²) in [5, 5.41) is 6.38. The third kappa shape index (κ3) is 4.07. The van der Waals surface area contributed by atoms with E-state index in [4.69, 9.17) is 4.74 Å². The van der Waals surface area contributed by atoms with Gasteiger partial charge in [0.25, 0.3) is 0 Å². The number of carbonyl (C=O) groups is 1. The molecule has 2 fully saturated rings. The van der Waals surface area contributed by atoms with Gasteiger partial charge in [-0.25, -0.2) is 0 Å². The van der Waals surface area contributed by atoms with Gasteiger partial charge in [0.15, 0.2) is 0 Å². The van der Waals surface area contributed by atoms with E-state index in [1.165, 1.54) is 12.8 Å². The molecule has 1 saturated heterocycles. The van der Waals surface area contributed by atoms with Crippen molar-refractivity contribution in [3.05, 3.63) is 0 Å². The summed E-state index contributed by atoms with van der Waals surface area (Å²) in [6.45, 7) is 5.01. The van der Waals surface area contributed by atoms with Crippen molar-refractivity contribution in [2.45, 2.75) is 38.3 Å². The maximum atomic E-state index is 12.4. The average Bonchev–Trinajstić information content (AvgIpc) is 3.15. The predicted molar refractivity (Wildman–Crippen MR) is 82.3 cm³/mol. The summed E-state index contributed by atoms with van der Waals surface area (Å²) in [5.74, 6) is 0.135. The lowest BCUT2D eigenvalue weighted by atomic mass is 9.87. The third-order valence-corrected chi connectivity index (χ3v) is 4.52. The second-order valence-corrected chi connectivity index (χ2v) is 6.10. The summed E-state index contributed by atoms with van der Waals surface area (Å²) in [4.78, 5) is 14.8. The van der Waals surface area contributed by atoms with Gasteiger partial charge in [0, 0.05) is 32.3 Å². The fourth-order valence-electron chi connectivity index (χ4n) is 2.82. The summed E-state index contributed by atoms with van der Waals surface area (Å²) in [6.07, 6.45) is 3.46. The van der Waals surface area contributed by atoms with Crippen molar-refractivity contribution in [1.29, 1.82) is 0 Å². The lowest BCUT2D eigenvalue weighted by Gasteiger charge is -2.29. The number of amides is 1. The molecule has 2 atom stereocenters. The highest BCUT2D eigenvalue weighted by Gasteiger charge is 2.41. The molecular formula is C14H28ClN3O2. The van der Waals surface area contributed by atoms with Gasteiger partial charge in [0.1, 0.15) is 0 Å². The van der Waals surface area contributed by atoms with Crippen LogP contribution in [-0.4, -0.2) is 63.3 Å². The van der Waals surface area contributed by atoms with Crippen LogP contribution in [0.1, 0.15) is 26.2 Å². The van der Waals surface area contributed by atoms with Gasteiger partial charge in [-0.2, -0.15) is 0 Å². The Kier molecular flexibility index (Phi) is 6.72. The Hall–Kier alpha value is -0.360. The molecule has 0 bridgehead atoms. The summed E-state index contributed by atoms with van der Waals surface area (Å²) < 4.78 is 5.24. The molecule has 6 heteroatoms. The van der Waals surface area contributed by atoms with Crippen LogP contribution >= 0.6 is 12.4 Å². The number of hydrogen-bond acceptors (Lipinski definition) is 4. The van der Waals surface area contributed by atoms with Crippen molar-refractivity contribution in [2.75, 3.05) is 40.4 Å². The number of ether oxygens (including phenoxy) is 1. The van der Waals surface area contributed by atoms with E-state index in [2.05, 4.69) is 29.5 Å². The first-order chi connectivity index (χ1) is 9.09. The smallest absolute Gasteiger partial charge is 0.229 e. The zero-order valence-corrected chi connectivity index (χ0v) is 13.6. The number of hydrogen-bond donors (Lipinski definition) is 2. The van der Waals surface area contributed by atoms with Crippen molar-refractivity contribution in [1.82, 2.24) is 15.5 Å². The van der Waals surface area contributed by atoms with Gasteiger partial charge >= 0.3 is 0 Å². The van der Waals surface area contributed by atoms with Crippen LogP contribution in [0, 0.1) is 5.41 Å². The molecule has 2 rings (SSSR count). The Bertz CT molecular complexity index is 318. The Balaban J connectivity index is 0.00000200. The summed E-state index contributed by atoms with van der Waals surface area (Å²) in [5.41, 5.74) is -0.368. The van der Waals surface area contributed by atoms with Crippen LogP contribution in [0.4, 0.5) is 0 Å². The predicted octanol–water partition coefficient (Wildman–Crippen LogP) is 0.633. The Morgan fingerprint density at radius 1 is 1.55 bits per heavy atom. The highest BCUT2D eigenvalue weighted by Crippen LogP contribution is 2.28. The SMILES string of the molecule is COCC1(C(=O)NCC(C)N(C)C2CC2)CCNC1.Cl. The van der Waals surface area contributed by atoms with E-state index in [9.17, 15) is 4.79 Å². The van der Waals surface area contributed by atoms with E-state index >= 15 is 0 Å².